The molecule has 0 bridgehead atoms. The Morgan fingerprint density at radius 1 is 1.59 bits per heavy atom. The van der Waals surface area contributed by atoms with Crippen LogP contribution in [0.3, 0.4) is 0 Å². The van der Waals surface area contributed by atoms with Crippen LogP contribution in [0.2, 0.25) is 0 Å². The van der Waals surface area contributed by atoms with E-state index in [2.05, 4.69) is 21.2 Å². The van der Waals surface area contributed by atoms with Crippen molar-refractivity contribution < 1.29 is 4.79 Å². The number of carbonyl (C=O) groups excluding carboxylic acids is 1. The van der Waals surface area contributed by atoms with E-state index < -0.39 is 0 Å². The number of rotatable bonds is 3. The van der Waals surface area contributed by atoms with Crippen molar-refractivity contribution in [2.24, 2.45) is 5.92 Å². The highest BCUT2D eigenvalue weighted by molar-refractivity contribution is 9.10. The first kappa shape index (κ1) is 13.0. The van der Waals surface area contributed by atoms with Gasteiger partial charge in [-0.25, -0.2) is 0 Å². The zero-order valence-electron chi connectivity index (χ0n) is 9.83. The van der Waals surface area contributed by atoms with E-state index in [1.165, 1.54) is 17.9 Å². The van der Waals surface area contributed by atoms with Crippen molar-refractivity contribution in [2.75, 3.05) is 18.1 Å². The van der Waals surface area contributed by atoms with Crippen LogP contribution in [0, 0.1) is 12.8 Å². The van der Waals surface area contributed by atoms with Gasteiger partial charge in [0, 0.05) is 11.0 Å². The molecule has 1 atom stereocenters. The number of amides is 1. The van der Waals surface area contributed by atoms with Gasteiger partial charge in [0.05, 0.1) is 5.56 Å². The van der Waals surface area contributed by atoms with Gasteiger partial charge in [-0.05, 0) is 64.4 Å². The Morgan fingerprint density at radius 2 is 2.41 bits per heavy atom. The predicted octanol–water partition coefficient (Wildman–Crippen LogP) is 3.24. The normalized spacial score (nSPS) is 19.3. The Hall–Kier alpha value is -0.480. The Balaban J connectivity index is 1.94. The molecule has 2 rings (SSSR count). The summed E-state index contributed by atoms with van der Waals surface area (Å²) in [5.41, 5.74) is 1.88. The van der Waals surface area contributed by atoms with Crippen molar-refractivity contribution in [1.82, 2.24) is 5.32 Å². The van der Waals surface area contributed by atoms with Crippen LogP contribution in [0.25, 0.3) is 0 Å². The van der Waals surface area contributed by atoms with Crippen LogP contribution in [0.4, 0.5) is 0 Å². The molecular weight excluding hydrogens is 298 g/mol. The molecule has 1 saturated heterocycles. The third-order valence-electron chi connectivity index (χ3n) is 2.94. The molecule has 1 heterocycles. The first-order valence-corrected chi connectivity index (χ1v) is 7.73. The molecule has 1 aliphatic heterocycles. The number of nitrogens with one attached hydrogen (secondary N) is 1. The van der Waals surface area contributed by atoms with Gasteiger partial charge in [-0.3, -0.25) is 4.79 Å². The van der Waals surface area contributed by atoms with E-state index >= 15 is 0 Å². The van der Waals surface area contributed by atoms with Crippen LogP contribution in [0.15, 0.2) is 22.7 Å². The lowest BCUT2D eigenvalue weighted by Crippen LogP contribution is -2.29. The second-order valence-electron chi connectivity index (χ2n) is 4.42. The fourth-order valence-corrected chi connectivity index (χ4v) is 3.84. The fourth-order valence-electron chi connectivity index (χ4n) is 1.88. The van der Waals surface area contributed by atoms with E-state index in [0.717, 1.165) is 22.1 Å². The minimum Gasteiger partial charge on any atom is -0.352 e. The largest absolute Gasteiger partial charge is 0.352 e. The predicted molar refractivity (Wildman–Crippen MR) is 76.6 cm³/mol. The number of hydrogen-bond acceptors (Lipinski definition) is 2. The van der Waals surface area contributed by atoms with E-state index in [1.54, 1.807) is 0 Å². The summed E-state index contributed by atoms with van der Waals surface area (Å²) in [4.78, 5) is 12.0. The fraction of sp³-hybridized carbons (Fsp3) is 0.462. The van der Waals surface area contributed by atoms with Gasteiger partial charge in [0.2, 0.25) is 0 Å². The van der Waals surface area contributed by atoms with Gasteiger partial charge in [-0.2, -0.15) is 11.8 Å². The molecule has 1 aliphatic rings. The number of benzene rings is 1. The lowest BCUT2D eigenvalue weighted by Gasteiger charge is -2.11. The smallest absolute Gasteiger partial charge is 0.252 e. The second kappa shape index (κ2) is 5.91. The summed E-state index contributed by atoms with van der Waals surface area (Å²) in [6.07, 6.45) is 1.22. The van der Waals surface area contributed by atoms with Crippen LogP contribution in [-0.4, -0.2) is 24.0 Å². The molecule has 17 heavy (non-hydrogen) atoms. The molecule has 0 spiro atoms. The summed E-state index contributed by atoms with van der Waals surface area (Å²) in [7, 11) is 0. The highest BCUT2D eigenvalue weighted by Gasteiger charge is 2.17. The average Bonchev–Trinajstić information content (AvgIpc) is 2.78. The molecule has 0 aromatic heterocycles. The van der Waals surface area contributed by atoms with Crippen molar-refractivity contribution in [1.29, 1.82) is 0 Å². The molecule has 2 nitrogen and oxygen atoms in total. The lowest BCUT2D eigenvalue weighted by molar-refractivity contribution is 0.0948. The molecule has 1 aromatic rings. The zero-order valence-corrected chi connectivity index (χ0v) is 12.2. The summed E-state index contributed by atoms with van der Waals surface area (Å²) < 4.78 is 0.871. The quantitative estimate of drug-likeness (QED) is 0.928. The van der Waals surface area contributed by atoms with E-state index in [4.69, 9.17) is 0 Å². The minimum absolute atomic E-state index is 0.0220. The topological polar surface area (TPSA) is 29.1 Å². The first-order valence-electron chi connectivity index (χ1n) is 5.79. The second-order valence-corrected chi connectivity index (χ2v) is 6.43. The number of carbonyl (C=O) groups is 1. The Morgan fingerprint density at radius 3 is 3.06 bits per heavy atom. The molecule has 1 unspecified atom stereocenters. The van der Waals surface area contributed by atoms with Gasteiger partial charge >= 0.3 is 0 Å². The third kappa shape index (κ3) is 3.49. The number of halogens is 1. The SMILES string of the molecule is Cc1ccc(C(=O)NCC2CCSC2)c(Br)c1. The van der Waals surface area contributed by atoms with Crippen molar-refractivity contribution in [3.05, 3.63) is 33.8 Å². The van der Waals surface area contributed by atoms with Crippen LogP contribution in [-0.2, 0) is 0 Å². The van der Waals surface area contributed by atoms with E-state index in [0.29, 0.717) is 5.92 Å². The third-order valence-corrected chi connectivity index (χ3v) is 4.83. The Labute approximate surface area is 115 Å². The summed E-state index contributed by atoms with van der Waals surface area (Å²) in [5, 5.41) is 3.02. The van der Waals surface area contributed by atoms with Gasteiger partial charge in [-0.1, -0.05) is 6.07 Å². The monoisotopic (exact) mass is 313 g/mol. The maximum Gasteiger partial charge on any atom is 0.252 e. The van der Waals surface area contributed by atoms with Crippen LogP contribution in [0.1, 0.15) is 22.3 Å². The highest BCUT2D eigenvalue weighted by atomic mass is 79.9. The molecule has 92 valence electrons. The zero-order chi connectivity index (χ0) is 12.3. The van der Waals surface area contributed by atoms with Crippen LogP contribution in [0.5, 0.6) is 0 Å². The molecule has 1 fully saturated rings. The van der Waals surface area contributed by atoms with Gasteiger partial charge in [0.1, 0.15) is 0 Å². The van der Waals surface area contributed by atoms with Crippen LogP contribution >= 0.6 is 27.7 Å². The van der Waals surface area contributed by atoms with Gasteiger partial charge in [-0.15, -0.1) is 0 Å². The molecule has 1 N–H and O–H groups in total. The first-order chi connectivity index (χ1) is 8.16. The molecule has 0 saturated carbocycles. The Kier molecular flexibility index (Phi) is 4.51. The van der Waals surface area contributed by atoms with Crippen molar-refractivity contribution >= 4 is 33.6 Å². The van der Waals surface area contributed by atoms with Crippen molar-refractivity contribution in [2.45, 2.75) is 13.3 Å². The van der Waals surface area contributed by atoms with E-state index in [-0.39, 0.29) is 5.91 Å². The molecule has 1 amide bonds. The highest BCUT2D eigenvalue weighted by Crippen LogP contribution is 2.23. The minimum atomic E-state index is 0.0220. The molecule has 1 aromatic carbocycles. The van der Waals surface area contributed by atoms with Gasteiger partial charge in [0.15, 0.2) is 0 Å². The molecule has 0 radical (unpaired) electrons. The van der Waals surface area contributed by atoms with Gasteiger partial charge in [0.25, 0.3) is 5.91 Å². The molecule has 4 heteroatoms. The van der Waals surface area contributed by atoms with Gasteiger partial charge < -0.3 is 5.32 Å². The van der Waals surface area contributed by atoms with E-state index in [1.807, 2.05) is 36.9 Å². The average molecular weight is 314 g/mol. The summed E-state index contributed by atoms with van der Waals surface area (Å²) in [6.45, 7) is 2.81. The number of hydrogen-bond donors (Lipinski definition) is 1. The summed E-state index contributed by atoms with van der Waals surface area (Å²) in [5.74, 6) is 3.08. The molecule has 0 aliphatic carbocycles. The maximum absolute atomic E-state index is 12.0. The lowest BCUT2D eigenvalue weighted by atomic mass is 10.1. The Bertz CT molecular complexity index is 416. The number of aryl methyl sites for hydroxylation is 1. The number of thioether (sulfide) groups is 1. The maximum atomic E-state index is 12.0. The van der Waals surface area contributed by atoms with Crippen LogP contribution < -0.4 is 5.32 Å². The van der Waals surface area contributed by atoms with E-state index in [9.17, 15) is 4.79 Å². The summed E-state index contributed by atoms with van der Waals surface area (Å²) >= 11 is 5.41. The molecular formula is C13H16BrNOS. The van der Waals surface area contributed by atoms with Crippen molar-refractivity contribution in [3.8, 4) is 0 Å². The standard InChI is InChI=1S/C13H16BrNOS/c1-9-2-3-11(12(14)6-9)13(16)15-7-10-4-5-17-8-10/h2-3,6,10H,4-5,7-8H2,1H3,(H,15,16). The summed E-state index contributed by atoms with van der Waals surface area (Å²) in [6, 6.07) is 5.81. The van der Waals surface area contributed by atoms with Crippen molar-refractivity contribution in [3.63, 3.8) is 0 Å².